The van der Waals surface area contributed by atoms with Crippen LogP contribution in [0.3, 0.4) is 0 Å². The summed E-state index contributed by atoms with van der Waals surface area (Å²) in [6.45, 7) is 7.90. The van der Waals surface area contributed by atoms with Gasteiger partial charge in [-0.2, -0.15) is 0 Å². The van der Waals surface area contributed by atoms with Crippen LogP contribution in [0.5, 0.6) is 11.5 Å². The molecule has 1 heterocycles. The topological polar surface area (TPSA) is 105 Å². The Kier molecular flexibility index (Phi) is 8.84. The molecule has 2 aromatic carbocycles. The first-order valence-electron chi connectivity index (χ1n) is 12.0. The second-order valence-corrected chi connectivity index (χ2v) is 10.9. The van der Waals surface area contributed by atoms with Crippen molar-refractivity contribution in [2.24, 2.45) is 0 Å². The summed E-state index contributed by atoms with van der Waals surface area (Å²) in [5, 5.41) is 2.92. The summed E-state index contributed by atoms with van der Waals surface area (Å²) < 4.78 is 37.7. The van der Waals surface area contributed by atoms with Crippen LogP contribution in [0.15, 0.2) is 42.5 Å². The Labute approximate surface area is 213 Å². The van der Waals surface area contributed by atoms with Gasteiger partial charge in [-0.05, 0) is 50.5 Å². The van der Waals surface area contributed by atoms with E-state index in [0.717, 1.165) is 28.1 Å². The molecule has 1 N–H and O–H groups in total. The summed E-state index contributed by atoms with van der Waals surface area (Å²) in [6, 6.07) is 11.5. The fraction of sp³-hybridized carbons (Fsp3) is 0.462. The number of anilines is 1. The SMILES string of the molecule is CC[C@H](C)NC(=O)[C@H](C)N(Cc1ccccc1C)C(=O)CN(c1ccc2c(c1)OCCO2)S(C)(=O)=O. The van der Waals surface area contributed by atoms with Crippen LogP contribution in [0, 0.1) is 6.92 Å². The zero-order valence-electron chi connectivity index (χ0n) is 21.5. The monoisotopic (exact) mass is 517 g/mol. The number of fused-ring (bicyclic) bond motifs is 1. The molecule has 0 saturated heterocycles. The summed E-state index contributed by atoms with van der Waals surface area (Å²) >= 11 is 0. The van der Waals surface area contributed by atoms with E-state index in [4.69, 9.17) is 9.47 Å². The lowest BCUT2D eigenvalue weighted by molar-refractivity contribution is -0.139. The number of rotatable bonds is 10. The molecule has 0 saturated carbocycles. The largest absolute Gasteiger partial charge is 0.486 e. The number of carbonyl (C=O) groups is 2. The second kappa shape index (κ2) is 11.6. The van der Waals surface area contributed by atoms with Gasteiger partial charge in [-0.3, -0.25) is 13.9 Å². The van der Waals surface area contributed by atoms with E-state index >= 15 is 0 Å². The van der Waals surface area contributed by atoms with Crippen molar-refractivity contribution >= 4 is 27.5 Å². The molecule has 0 fully saturated rings. The molecular weight excluding hydrogens is 482 g/mol. The Morgan fingerprint density at radius 2 is 1.72 bits per heavy atom. The number of benzene rings is 2. The van der Waals surface area contributed by atoms with Gasteiger partial charge in [-0.1, -0.05) is 31.2 Å². The highest BCUT2D eigenvalue weighted by Crippen LogP contribution is 2.34. The highest BCUT2D eigenvalue weighted by molar-refractivity contribution is 7.92. The Morgan fingerprint density at radius 3 is 2.36 bits per heavy atom. The van der Waals surface area contributed by atoms with Gasteiger partial charge in [-0.25, -0.2) is 8.42 Å². The Morgan fingerprint density at radius 1 is 1.06 bits per heavy atom. The Bertz CT molecular complexity index is 1200. The molecule has 196 valence electrons. The summed E-state index contributed by atoms with van der Waals surface area (Å²) in [7, 11) is -3.83. The Balaban J connectivity index is 1.92. The predicted octanol–water partition coefficient (Wildman–Crippen LogP) is 2.86. The van der Waals surface area contributed by atoms with Gasteiger partial charge in [0, 0.05) is 18.7 Å². The molecule has 0 spiro atoms. The van der Waals surface area contributed by atoms with Crippen LogP contribution in [0.4, 0.5) is 5.69 Å². The highest BCUT2D eigenvalue weighted by atomic mass is 32.2. The van der Waals surface area contributed by atoms with Crippen molar-refractivity contribution in [1.29, 1.82) is 0 Å². The van der Waals surface area contributed by atoms with E-state index in [1.165, 1.54) is 4.90 Å². The van der Waals surface area contributed by atoms with Crippen LogP contribution in [-0.4, -0.2) is 63.2 Å². The lowest BCUT2D eigenvalue weighted by Gasteiger charge is -2.32. The minimum atomic E-state index is -3.83. The molecule has 3 rings (SSSR count). The third-order valence-corrected chi connectivity index (χ3v) is 7.40. The van der Waals surface area contributed by atoms with E-state index in [0.29, 0.717) is 24.7 Å². The fourth-order valence-electron chi connectivity index (χ4n) is 3.82. The molecule has 1 aliphatic heterocycles. The third-order valence-electron chi connectivity index (χ3n) is 6.26. The van der Waals surface area contributed by atoms with Gasteiger partial charge in [0.15, 0.2) is 11.5 Å². The predicted molar refractivity (Wildman–Crippen MR) is 139 cm³/mol. The molecule has 0 aromatic heterocycles. The minimum absolute atomic E-state index is 0.0550. The standard InChI is InChI=1S/C26H35N3O6S/c1-6-19(3)27-26(31)20(4)28(16-21-10-8-7-9-18(21)2)25(30)17-29(36(5,32)33)22-11-12-23-24(15-22)35-14-13-34-23/h7-12,15,19-20H,6,13-14,16-17H2,1-5H3,(H,27,31)/t19-,20-/m0/s1. The Hall–Kier alpha value is -3.27. The van der Waals surface area contributed by atoms with E-state index in [9.17, 15) is 18.0 Å². The quantitative estimate of drug-likeness (QED) is 0.520. The van der Waals surface area contributed by atoms with Crippen LogP contribution >= 0.6 is 0 Å². The molecule has 2 atom stereocenters. The smallest absolute Gasteiger partial charge is 0.244 e. The second-order valence-electron chi connectivity index (χ2n) is 9.04. The van der Waals surface area contributed by atoms with Crippen molar-refractivity contribution in [3.05, 3.63) is 53.6 Å². The van der Waals surface area contributed by atoms with E-state index in [1.54, 1.807) is 25.1 Å². The van der Waals surface area contributed by atoms with Crippen molar-refractivity contribution in [3.63, 3.8) is 0 Å². The molecule has 0 unspecified atom stereocenters. The van der Waals surface area contributed by atoms with Gasteiger partial charge < -0.3 is 19.7 Å². The summed E-state index contributed by atoms with van der Waals surface area (Å²) in [6.07, 6.45) is 1.79. The van der Waals surface area contributed by atoms with Crippen molar-refractivity contribution < 1.29 is 27.5 Å². The average Bonchev–Trinajstić information content (AvgIpc) is 2.85. The molecule has 9 nitrogen and oxygen atoms in total. The maximum atomic E-state index is 13.7. The van der Waals surface area contributed by atoms with Crippen molar-refractivity contribution in [1.82, 2.24) is 10.2 Å². The highest BCUT2D eigenvalue weighted by Gasteiger charge is 2.31. The first-order chi connectivity index (χ1) is 17.0. The number of aryl methyl sites for hydroxylation is 1. The van der Waals surface area contributed by atoms with Crippen LogP contribution in [0.1, 0.15) is 38.3 Å². The van der Waals surface area contributed by atoms with Crippen LogP contribution in [0.2, 0.25) is 0 Å². The molecule has 0 radical (unpaired) electrons. The molecule has 2 aromatic rings. The lowest BCUT2D eigenvalue weighted by atomic mass is 10.1. The fourth-order valence-corrected chi connectivity index (χ4v) is 4.66. The molecule has 0 bridgehead atoms. The summed E-state index contributed by atoms with van der Waals surface area (Å²) in [5.74, 6) is 0.140. The van der Waals surface area contributed by atoms with Crippen LogP contribution in [0.25, 0.3) is 0 Å². The van der Waals surface area contributed by atoms with Gasteiger partial charge in [-0.15, -0.1) is 0 Å². The molecule has 1 aliphatic rings. The molecule has 36 heavy (non-hydrogen) atoms. The minimum Gasteiger partial charge on any atom is -0.486 e. The van der Waals surface area contributed by atoms with Gasteiger partial charge in [0.25, 0.3) is 0 Å². The van der Waals surface area contributed by atoms with Crippen molar-refractivity contribution in [3.8, 4) is 11.5 Å². The number of hydrogen-bond donors (Lipinski definition) is 1. The van der Waals surface area contributed by atoms with Gasteiger partial charge in [0.2, 0.25) is 21.8 Å². The van der Waals surface area contributed by atoms with Gasteiger partial charge >= 0.3 is 0 Å². The number of nitrogens with one attached hydrogen (secondary N) is 1. The van der Waals surface area contributed by atoms with E-state index < -0.39 is 28.5 Å². The van der Waals surface area contributed by atoms with E-state index in [-0.39, 0.29) is 24.2 Å². The van der Waals surface area contributed by atoms with Gasteiger partial charge in [0.05, 0.1) is 11.9 Å². The average molecular weight is 518 g/mol. The zero-order chi connectivity index (χ0) is 26.5. The normalized spacial score (nSPS) is 14.5. The van der Waals surface area contributed by atoms with Crippen molar-refractivity contribution in [2.75, 3.05) is 30.3 Å². The molecule has 2 amide bonds. The maximum Gasteiger partial charge on any atom is 0.244 e. The molecular formula is C26H35N3O6S. The molecule has 0 aliphatic carbocycles. The van der Waals surface area contributed by atoms with Crippen LogP contribution < -0.4 is 19.1 Å². The van der Waals surface area contributed by atoms with Crippen molar-refractivity contribution in [2.45, 2.75) is 52.7 Å². The number of amides is 2. The zero-order valence-corrected chi connectivity index (χ0v) is 22.3. The lowest BCUT2D eigenvalue weighted by Crippen LogP contribution is -2.52. The number of hydrogen-bond acceptors (Lipinski definition) is 6. The van der Waals surface area contributed by atoms with E-state index in [1.807, 2.05) is 45.0 Å². The van der Waals surface area contributed by atoms with Gasteiger partial charge in [0.1, 0.15) is 25.8 Å². The third kappa shape index (κ3) is 6.69. The maximum absolute atomic E-state index is 13.7. The number of sulfonamides is 1. The molecule has 10 heteroatoms. The number of ether oxygens (including phenoxy) is 2. The first-order valence-corrected chi connectivity index (χ1v) is 13.9. The van der Waals surface area contributed by atoms with E-state index in [2.05, 4.69) is 5.32 Å². The number of carbonyl (C=O) groups excluding carboxylic acids is 2. The van der Waals surface area contributed by atoms with Crippen LogP contribution in [-0.2, 0) is 26.2 Å². The summed E-state index contributed by atoms with van der Waals surface area (Å²) in [4.78, 5) is 28.1. The first kappa shape index (κ1) is 27.3. The number of nitrogens with zero attached hydrogens (tertiary/aromatic N) is 2. The summed E-state index contributed by atoms with van der Waals surface area (Å²) in [5.41, 5.74) is 2.12.